The van der Waals surface area contributed by atoms with Crippen LogP contribution in [0.15, 0.2) is 28.7 Å². The van der Waals surface area contributed by atoms with E-state index in [4.69, 9.17) is 21.4 Å². The normalized spacial score (nSPS) is 12.1. The van der Waals surface area contributed by atoms with Gasteiger partial charge in [-0.05, 0) is 24.4 Å². The molecule has 96 valence electrons. The minimum Gasteiger partial charge on any atom is -0.497 e. The Morgan fingerprint density at radius 2 is 2.44 bits per heavy atom. The average Bonchev–Trinajstić information content (AvgIpc) is 2.83. The van der Waals surface area contributed by atoms with E-state index in [0.29, 0.717) is 0 Å². The van der Waals surface area contributed by atoms with E-state index in [1.165, 1.54) is 0 Å². The van der Waals surface area contributed by atoms with Crippen LogP contribution in [0.1, 0.15) is 12.0 Å². The molecule has 1 atom stereocenters. The van der Waals surface area contributed by atoms with Crippen LogP contribution < -0.4 is 10.1 Å². The van der Waals surface area contributed by atoms with Gasteiger partial charge in [0.25, 0.3) is 4.84 Å². The number of anilines is 1. The number of aromatic nitrogens is 2. The Morgan fingerprint density at radius 1 is 1.61 bits per heavy atom. The van der Waals surface area contributed by atoms with Crippen molar-refractivity contribution in [3.8, 4) is 5.75 Å². The van der Waals surface area contributed by atoms with Gasteiger partial charge in [0.2, 0.25) is 5.89 Å². The molecule has 3 N–H and O–H groups in total. The topological polar surface area (TPSA) is 83.3 Å². The van der Waals surface area contributed by atoms with Gasteiger partial charge in [0.15, 0.2) is 0 Å². The van der Waals surface area contributed by atoms with E-state index in [-0.39, 0.29) is 17.3 Å². The lowest BCUT2D eigenvalue weighted by atomic mass is 10.3. The number of hydrogen-bond acceptors (Lipinski definition) is 6. The molecule has 1 unspecified atom stereocenters. The summed E-state index contributed by atoms with van der Waals surface area (Å²) in [5, 5.41) is 19.1. The highest BCUT2D eigenvalue weighted by Crippen LogP contribution is 2.18. The van der Waals surface area contributed by atoms with Crippen molar-refractivity contribution in [3.05, 3.63) is 35.0 Å². The van der Waals surface area contributed by atoms with E-state index in [0.717, 1.165) is 11.4 Å². The summed E-state index contributed by atoms with van der Waals surface area (Å²) in [5.74, 6) is 0.905. The Hall–Kier alpha value is -1.86. The first-order valence-electron chi connectivity index (χ1n) is 5.30. The first kappa shape index (κ1) is 12.6. The number of nitrogens with zero attached hydrogens (tertiary/aromatic N) is 1. The molecular formula is C11H13N3O3S. The fourth-order valence-electron chi connectivity index (χ4n) is 1.42. The standard InChI is InChI=1S/C11H13N3O3S/c1-16-8-4-2-3-7(5-8)12-6-9(15)10-13-14-11(18)17-10/h2-5,9,12,15H,6H2,1H3,(H,14,18). The molecule has 0 saturated heterocycles. The van der Waals surface area contributed by atoms with Crippen molar-refractivity contribution < 1.29 is 14.3 Å². The summed E-state index contributed by atoms with van der Waals surface area (Å²) >= 11 is 4.73. The van der Waals surface area contributed by atoms with E-state index >= 15 is 0 Å². The summed E-state index contributed by atoms with van der Waals surface area (Å²) in [6.07, 6.45) is -0.871. The van der Waals surface area contributed by atoms with Gasteiger partial charge in [-0.2, -0.15) is 0 Å². The Morgan fingerprint density at radius 3 is 3.11 bits per heavy atom. The Kier molecular flexibility index (Phi) is 3.96. The van der Waals surface area contributed by atoms with Gasteiger partial charge < -0.3 is 19.6 Å². The van der Waals surface area contributed by atoms with Crippen LogP contribution >= 0.6 is 12.2 Å². The molecule has 0 saturated carbocycles. The minimum atomic E-state index is -0.871. The lowest BCUT2D eigenvalue weighted by molar-refractivity contribution is 0.155. The smallest absolute Gasteiger partial charge is 0.284 e. The van der Waals surface area contributed by atoms with Crippen molar-refractivity contribution in [2.24, 2.45) is 0 Å². The van der Waals surface area contributed by atoms with Gasteiger partial charge in [-0.15, -0.1) is 5.10 Å². The van der Waals surface area contributed by atoms with Crippen LogP contribution in [0.5, 0.6) is 5.75 Å². The molecule has 1 heterocycles. The lowest BCUT2D eigenvalue weighted by Gasteiger charge is -2.10. The lowest BCUT2D eigenvalue weighted by Crippen LogP contribution is -2.12. The van der Waals surface area contributed by atoms with Crippen LogP contribution in [-0.2, 0) is 0 Å². The zero-order valence-corrected chi connectivity index (χ0v) is 10.5. The molecule has 2 aromatic rings. The monoisotopic (exact) mass is 267 g/mol. The zero-order valence-electron chi connectivity index (χ0n) is 9.71. The molecule has 6 nitrogen and oxygen atoms in total. The van der Waals surface area contributed by atoms with Gasteiger partial charge in [0, 0.05) is 18.3 Å². The summed E-state index contributed by atoms with van der Waals surface area (Å²) in [7, 11) is 1.60. The van der Waals surface area contributed by atoms with Crippen LogP contribution in [0.2, 0.25) is 0 Å². The highest BCUT2D eigenvalue weighted by atomic mass is 32.1. The van der Waals surface area contributed by atoms with Crippen LogP contribution in [0, 0.1) is 4.84 Å². The van der Waals surface area contributed by atoms with E-state index in [2.05, 4.69) is 15.5 Å². The number of ether oxygens (including phenoxy) is 1. The van der Waals surface area contributed by atoms with Crippen molar-refractivity contribution in [1.82, 2.24) is 10.2 Å². The first-order chi connectivity index (χ1) is 8.69. The molecule has 18 heavy (non-hydrogen) atoms. The maximum atomic E-state index is 9.81. The van der Waals surface area contributed by atoms with Gasteiger partial charge in [0.1, 0.15) is 11.9 Å². The second-order valence-electron chi connectivity index (χ2n) is 3.58. The van der Waals surface area contributed by atoms with Crippen molar-refractivity contribution in [3.63, 3.8) is 0 Å². The molecule has 0 amide bonds. The van der Waals surface area contributed by atoms with Gasteiger partial charge in [-0.25, -0.2) is 5.10 Å². The van der Waals surface area contributed by atoms with Gasteiger partial charge in [-0.1, -0.05) is 6.07 Å². The van der Waals surface area contributed by atoms with E-state index in [1.54, 1.807) is 7.11 Å². The molecule has 2 rings (SSSR count). The third kappa shape index (κ3) is 3.08. The number of nitrogens with one attached hydrogen (secondary N) is 2. The number of methoxy groups -OCH3 is 1. The molecule has 1 aromatic heterocycles. The fourth-order valence-corrected chi connectivity index (χ4v) is 1.55. The summed E-state index contributed by atoms with van der Waals surface area (Å²) in [6.45, 7) is 0.260. The highest BCUT2D eigenvalue weighted by molar-refractivity contribution is 7.71. The molecule has 0 aliphatic rings. The summed E-state index contributed by atoms with van der Waals surface area (Å²) in [5.41, 5.74) is 0.836. The van der Waals surface area contributed by atoms with Crippen molar-refractivity contribution in [2.45, 2.75) is 6.10 Å². The molecule has 0 spiro atoms. The molecule has 0 aliphatic carbocycles. The number of benzene rings is 1. The van der Waals surface area contributed by atoms with Crippen molar-refractivity contribution >= 4 is 17.9 Å². The van der Waals surface area contributed by atoms with Crippen LogP contribution in [-0.4, -0.2) is 29.0 Å². The largest absolute Gasteiger partial charge is 0.497 e. The molecule has 1 aromatic carbocycles. The molecule has 7 heteroatoms. The molecular weight excluding hydrogens is 254 g/mol. The summed E-state index contributed by atoms with van der Waals surface area (Å²) in [4.78, 5) is 0.144. The number of aliphatic hydroxyl groups excluding tert-OH is 1. The SMILES string of the molecule is COc1cccc(NCC(O)c2n[nH]c(=S)o2)c1. The third-order valence-corrected chi connectivity index (χ3v) is 2.48. The summed E-state index contributed by atoms with van der Waals surface area (Å²) in [6, 6.07) is 7.39. The quantitative estimate of drug-likeness (QED) is 0.717. The average molecular weight is 267 g/mol. The second-order valence-corrected chi connectivity index (χ2v) is 3.95. The fraction of sp³-hybridized carbons (Fsp3) is 0.273. The maximum absolute atomic E-state index is 9.81. The number of H-pyrrole nitrogens is 1. The van der Waals surface area contributed by atoms with Crippen LogP contribution in [0.25, 0.3) is 0 Å². The third-order valence-electron chi connectivity index (χ3n) is 2.31. The van der Waals surface area contributed by atoms with Crippen LogP contribution in [0.4, 0.5) is 5.69 Å². The molecule has 0 aliphatic heterocycles. The predicted octanol–water partition coefficient (Wildman–Crippen LogP) is 1.89. The van der Waals surface area contributed by atoms with Gasteiger partial charge in [0.05, 0.1) is 7.11 Å². The first-order valence-corrected chi connectivity index (χ1v) is 5.71. The molecule has 0 radical (unpaired) electrons. The van der Waals surface area contributed by atoms with Crippen LogP contribution in [0.3, 0.4) is 0 Å². The second kappa shape index (κ2) is 5.65. The Bertz CT molecular complexity index is 566. The highest BCUT2D eigenvalue weighted by Gasteiger charge is 2.12. The predicted molar refractivity (Wildman–Crippen MR) is 68.1 cm³/mol. The molecule has 0 fully saturated rings. The summed E-state index contributed by atoms with van der Waals surface area (Å²) < 4.78 is 10.1. The molecule has 0 bridgehead atoms. The van der Waals surface area contributed by atoms with E-state index < -0.39 is 6.10 Å². The van der Waals surface area contributed by atoms with Crippen molar-refractivity contribution in [2.75, 3.05) is 19.0 Å². The Labute approximate surface area is 109 Å². The number of aliphatic hydroxyl groups is 1. The number of aromatic amines is 1. The van der Waals surface area contributed by atoms with E-state index in [9.17, 15) is 5.11 Å². The van der Waals surface area contributed by atoms with Gasteiger partial charge >= 0.3 is 0 Å². The van der Waals surface area contributed by atoms with E-state index in [1.807, 2.05) is 24.3 Å². The Balaban J connectivity index is 1.96. The minimum absolute atomic E-state index is 0.144. The number of rotatable bonds is 5. The zero-order chi connectivity index (χ0) is 13.0. The van der Waals surface area contributed by atoms with Crippen molar-refractivity contribution in [1.29, 1.82) is 0 Å². The van der Waals surface area contributed by atoms with Gasteiger partial charge in [-0.3, -0.25) is 0 Å². The maximum Gasteiger partial charge on any atom is 0.284 e. The number of hydrogen-bond donors (Lipinski definition) is 3.